The highest BCUT2D eigenvalue weighted by Gasteiger charge is 2.15. The van der Waals surface area contributed by atoms with Crippen LogP contribution in [0.2, 0.25) is 0 Å². The van der Waals surface area contributed by atoms with Crippen LogP contribution in [0.15, 0.2) is 77.7 Å². The van der Waals surface area contributed by atoms with Crippen LogP contribution >= 0.6 is 12.2 Å². The fraction of sp³-hybridized carbons (Fsp3) is 0.167. The molecule has 3 aromatic carbocycles. The number of sulfonamides is 1. The zero-order valence-corrected chi connectivity index (χ0v) is 19.5. The first kappa shape index (κ1) is 23.4. The molecule has 3 aromatic rings. The second kappa shape index (κ2) is 10.4. The number of nitrogens with one attached hydrogen (secondary N) is 3. The van der Waals surface area contributed by atoms with Crippen LogP contribution in [0.25, 0.3) is 0 Å². The molecular formula is C24H25N3O3S2. The predicted molar refractivity (Wildman–Crippen MR) is 132 cm³/mol. The summed E-state index contributed by atoms with van der Waals surface area (Å²) in [5.74, 6) is -0.191. The topological polar surface area (TPSA) is 87.3 Å². The van der Waals surface area contributed by atoms with E-state index in [4.69, 9.17) is 12.2 Å². The van der Waals surface area contributed by atoms with Gasteiger partial charge in [0.15, 0.2) is 5.11 Å². The molecule has 0 aliphatic rings. The highest BCUT2D eigenvalue weighted by Crippen LogP contribution is 2.21. The summed E-state index contributed by atoms with van der Waals surface area (Å²) in [6.07, 6.45) is 0.933. The first-order valence-corrected chi connectivity index (χ1v) is 12.0. The van der Waals surface area contributed by atoms with E-state index in [0.29, 0.717) is 24.2 Å². The number of benzene rings is 3. The largest absolute Gasteiger partial charge is 0.332 e. The summed E-state index contributed by atoms with van der Waals surface area (Å²) < 4.78 is 28.0. The van der Waals surface area contributed by atoms with Crippen LogP contribution in [-0.2, 0) is 21.2 Å². The number of aryl methyl sites for hydroxylation is 3. The van der Waals surface area contributed by atoms with E-state index in [2.05, 4.69) is 15.4 Å². The lowest BCUT2D eigenvalue weighted by Gasteiger charge is -2.13. The van der Waals surface area contributed by atoms with E-state index in [1.807, 2.05) is 56.3 Å². The molecule has 166 valence electrons. The number of rotatable bonds is 7. The lowest BCUT2D eigenvalue weighted by Crippen LogP contribution is -2.34. The third-order valence-corrected chi connectivity index (χ3v) is 6.37. The predicted octanol–water partition coefficient (Wildman–Crippen LogP) is 4.55. The molecule has 6 nitrogen and oxygen atoms in total. The van der Waals surface area contributed by atoms with Gasteiger partial charge in [-0.15, -0.1) is 0 Å². The Kier molecular flexibility index (Phi) is 7.61. The van der Waals surface area contributed by atoms with Crippen LogP contribution in [0, 0.1) is 13.8 Å². The molecule has 0 saturated heterocycles. The monoisotopic (exact) mass is 467 g/mol. The van der Waals surface area contributed by atoms with Gasteiger partial charge in [-0.25, -0.2) is 8.42 Å². The van der Waals surface area contributed by atoms with Gasteiger partial charge in [-0.3, -0.25) is 9.52 Å². The van der Waals surface area contributed by atoms with Gasteiger partial charge in [0.2, 0.25) is 5.91 Å². The maximum Gasteiger partial charge on any atom is 0.261 e. The summed E-state index contributed by atoms with van der Waals surface area (Å²) in [6.45, 7) is 3.81. The van der Waals surface area contributed by atoms with Crippen molar-refractivity contribution in [3.05, 3.63) is 89.5 Å². The molecule has 0 fully saturated rings. The summed E-state index contributed by atoms with van der Waals surface area (Å²) >= 11 is 5.19. The van der Waals surface area contributed by atoms with Gasteiger partial charge in [0, 0.05) is 12.1 Å². The molecule has 0 unspecified atom stereocenters. The average molecular weight is 468 g/mol. The molecule has 0 atom stereocenters. The number of thiocarbonyl (C=S) groups is 1. The van der Waals surface area contributed by atoms with Crippen molar-refractivity contribution < 1.29 is 13.2 Å². The molecule has 0 aliphatic carbocycles. The van der Waals surface area contributed by atoms with Crippen molar-refractivity contribution in [2.45, 2.75) is 31.6 Å². The lowest BCUT2D eigenvalue weighted by molar-refractivity contribution is -0.119. The van der Waals surface area contributed by atoms with Crippen molar-refractivity contribution in [1.82, 2.24) is 5.32 Å². The van der Waals surface area contributed by atoms with E-state index >= 15 is 0 Å². The molecule has 8 heteroatoms. The van der Waals surface area contributed by atoms with Gasteiger partial charge in [-0.1, -0.05) is 48.0 Å². The van der Waals surface area contributed by atoms with Gasteiger partial charge in [0.05, 0.1) is 10.6 Å². The highest BCUT2D eigenvalue weighted by atomic mass is 32.2. The van der Waals surface area contributed by atoms with E-state index in [0.717, 1.165) is 16.7 Å². The van der Waals surface area contributed by atoms with Crippen molar-refractivity contribution in [3.8, 4) is 0 Å². The van der Waals surface area contributed by atoms with Crippen LogP contribution in [-0.4, -0.2) is 19.4 Å². The SMILES string of the molecule is Cc1ccc(NS(=O)(=O)c2ccc(NC(=S)NC(=O)CCc3ccccc3)cc2)c(C)c1. The summed E-state index contributed by atoms with van der Waals surface area (Å²) in [5, 5.41) is 5.70. The van der Waals surface area contributed by atoms with Crippen molar-refractivity contribution in [3.63, 3.8) is 0 Å². The molecule has 0 saturated carbocycles. The Bertz CT molecular complexity index is 1210. The minimum atomic E-state index is -3.73. The standard InChI is InChI=1S/C24H25N3O3S2/c1-17-8-14-22(18(2)16-17)27-32(29,30)21-12-10-20(11-13-21)25-24(31)26-23(28)15-9-19-6-4-3-5-7-19/h3-8,10-14,16,27H,9,15H2,1-2H3,(H2,25,26,28,31). The maximum atomic E-state index is 12.7. The molecule has 3 N–H and O–H groups in total. The third-order valence-electron chi connectivity index (χ3n) is 4.79. The fourth-order valence-electron chi connectivity index (χ4n) is 3.10. The molecule has 0 aromatic heterocycles. The molecule has 0 heterocycles. The Morgan fingerprint density at radius 2 is 1.62 bits per heavy atom. The Morgan fingerprint density at radius 3 is 2.28 bits per heavy atom. The second-order valence-corrected chi connectivity index (χ2v) is 9.53. The Morgan fingerprint density at radius 1 is 0.938 bits per heavy atom. The smallest absolute Gasteiger partial charge is 0.261 e. The van der Waals surface area contributed by atoms with Crippen LogP contribution in [0.3, 0.4) is 0 Å². The van der Waals surface area contributed by atoms with Crippen LogP contribution in [0.5, 0.6) is 0 Å². The average Bonchev–Trinajstić information content (AvgIpc) is 2.75. The van der Waals surface area contributed by atoms with Crippen LogP contribution in [0.1, 0.15) is 23.1 Å². The molecule has 1 amide bonds. The zero-order chi connectivity index (χ0) is 23.1. The first-order valence-electron chi connectivity index (χ1n) is 10.1. The molecule has 0 spiro atoms. The molecule has 3 rings (SSSR count). The quantitative estimate of drug-likeness (QED) is 0.444. The third kappa shape index (κ3) is 6.63. The van der Waals surface area contributed by atoms with E-state index in [1.165, 1.54) is 12.1 Å². The van der Waals surface area contributed by atoms with Gasteiger partial charge < -0.3 is 10.6 Å². The van der Waals surface area contributed by atoms with E-state index in [1.54, 1.807) is 18.2 Å². The maximum absolute atomic E-state index is 12.7. The van der Waals surface area contributed by atoms with Crippen LogP contribution in [0.4, 0.5) is 11.4 Å². The van der Waals surface area contributed by atoms with E-state index in [-0.39, 0.29) is 15.9 Å². The van der Waals surface area contributed by atoms with Gasteiger partial charge in [-0.2, -0.15) is 0 Å². The number of anilines is 2. The number of carbonyl (C=O) groups excluding carboxylic acids is 1. The number of amides is 1. The number of carbonyl (C=O) groups is 1. The zero-order valence-electron chi connectivity index (χ0n) is 17.9. The van der Waals surface area contributed by atoms with Crippen LogP contribution < -0.4 is 15.4 Å². The van der Waals surface area contributed by atoms with Crippen molar-refractivity contribution >= 4 is 44.6 Å². The number of hydrogen-bond donors (Lipinski definition) is 3. The minimum absolute atomic E-state index is 0.126. The van der Waals surface area contributed by atoms with E-state index < -0.39 is 10.0 Å². The fourth-order valence-corrected chi connectivity index (χ4v) is 4.47. The molecule has 0 aliphatic heterocycles. The van der Waals surface area contributed by atoms with Gasteiger partial charge in [0.25, 0.3) is 10.0 Å². The van der Waals surface area contributed by atoms with Gasteiger partial charge in [0.1, 0.15) is 0 Å². The molecular weight excluding hydrogens is 442 g/mol. The molecule has 0 radical (unpaired) electrons. The van der Waals surface area contributed by atoms with Crippen molar-refractivity contribution in [2.24, 2.45) is 0 Å². The minimum Gasteiger partial charge on any atom is -0.332 e. The van der Waals surface area contributed by atoms with Crippen molar-refractivity contribution in [1.29, 1.82) is 0 Å². The summed E-state index contributed by atoms with van der Waals surface area (Å²) in [6, 6.07) is 21.4. The normalized spacial score (nSPS) is 10.9. The highest BCUT2D eigenvalue weighted by molar-refractivity contribution is 7.92. The van der Waals surface area contributed by atoms with Gasteiger partial charge >= 0.3 is 0 Å². The first-order chi connectivity index (χ1) is 15.2. The lowest BCUT2D eigenvalue weighted by atomic mass is 10.1. The Hall–Kier alpha value is -3.23. The van der Waals surface area contributed by atoms with E-state index in [9.17, 15) is 13.2 Å². The van der Waals surface area contributed by atoms with Gasteiger partial charge in [-0.05, 0) is 73.9 Å². The summed E-state index contributed by atoms with van der Waals surface area (Å²) in [7, 11) is -3.73. The second-order valence-electron chi connectivity index (χ2n) is 7.44. The summed E-state index contributed by atoms with van der Waals surface area (Å²) in [4.78, 5) is 12.2. The van der Waals surface area contributed by atoms with Crippen molar-refractivity contribution in [2.75, 3.05) is 10.0 Å². The Labute approximate surface area is 194 Å². The molecule has 32 heavy (non-hydrogen) atoms. The number of hydrogen-bond acceptors (Lipinski definition) is 4. The molecule has 0 bridgehead atoms. The summed E-state index contributed by atoms with van der Waals surface area (Å²) in [5.41, 5.74) is 4.10. The Balaban J connectivity index is 1.55.